The van der Waals surface area contributed by atoms with Gasteiger partial charge in [0.15, 0.2) is 11.4 Å². The molecule has 0 N–H and O–H groups in total. The summed E-state index contributed by atoms with van der Waals surface area (Å²) in [5, 5.41) is 0.150. The third kappa shape index (κ3) is 1.75. The zero-order valence-electron chi connectivity index (χ0n) is 8.73. The highest BCUT2D eigenvalue weighted by Crippen LogP contribution is 2.30. The summed E-state index contributed by atoms with van der Waals surface area (Å²) in [6.45, 7) is 0. The molecule has 0 saturated heterocycles. The summed E-state index contributed by atoms with van der Waals surface area (Å²) in [5.74, 6) is 0.232. The van der Waals surface area contributed by atoms with Gasteiger partial charge in [-0.15, -0.1) is 0 Å². The molecule has 0 amide bonds. The lowest BCUT2D eigenvalue weighted by Crippen LogP contribution is -2.12. The molecule has 2 aromatic heterocycles. The summed E-state index contributed by atoms with van der Waals surface area (Å²) in [6, 6.07) is -0.155. The molecule has 1 atom stereocenters. The zero-order chi connectivity index (χ0) is 12.0. The second kappa shape index (κ2) is 4.03. The van der Waals surface area contributed by atoms with Crippen LogP contribution in [0.3, 0.4) is 0 Å². The molecule has 0 spiro atoms. The number of hydrogen-bond donors (Lipinski definition) is 0. The normalized spacial score (nSPS) is 20.4. The molecule has 0 radical (unpaired) electrons. The van der Waals surface area contributed by atoms with E-state index in [1.54, 1.807) is 10.9 Å². The van der Waals surface area contributed by atoms with E-state index >= 15 is 0 Å². The first kappa shape index (κ1) is 11.1. The average molecular weight is 316 g/mol. The molecule has 2 aromatic rings. The molecule has 1 saturated carbocycles. The molecule has 0 aliphatic heterocycles. The van der Waals surface area contributed by atoms with Crippen LogP contribution in [0.1, 0.15) is 25.3 Å². The molecular formula is C10H8BrClN4O. The first-order valence-electron chi connectivity index (χ1n) is 5.25. The van der Waals surface area contributed by atoms with Crippen molar-refractivity contribution in [3.63, 3.8) is 0 Å². The highest BCUT2D eigenvalue weighted by molar-refractivity contribution is 9.10. The van der Waals surface area contributed by atoms with Crippen molar-refractivity contribution >= 4 is 44.5 Å². The van der Waals surface area contributed by atoms with Crippen LogP contribution in [0.2, 0.25) is 5.28 Å². The van der Waals surface area contributed by atoms with Crippen LogP contribution >= 0.6 is 27.5 Å². The van der Waals surface area contributed by atoms with Crippen molar-refractivity contribution in [2.24, 2.45) is 0 Å². The largest absolute Gasteiger partial charge is 0.304 e. The number of carbonyl (C=O) groups is 1. The van der Waals surface area contributed by atoms with Gasteiger partial charge in [0.05, 0.1) is 12.4 Å². The second-order valence-corrected chi connectivity index (χ2v) is 5.07. The molecule has 0 aromatic carbocycles. The number of rotatable bonds is 1. The number of fused-ring (bicyclic) bond motifs is 1. The Kier molecular flexibility index (Phi) is 2.63. The van der Waals surface area contributed by atoms with Gasteiger partial charge in [-0.3, -0.25) is 4.79 Å². The summed E-state index contributed by atoms with van der Waals surface area (Å²) >= 11 is 9.11. The van der Waals surface area contributed by atoms with Crippen molar-refractivity contribution in [2.45, 2.75) is 25.3 Å². The summed E-state index contributed by atoms with van der Waals surface area (Å²) in [6.07, 6.45) is 4.02. The Balaban J connectivity index is 2.20. The molecule has 88 valence electrons. The zero-order valence-corrected chi connectivity index (χ0v) is 11.1. The quantitative estimate of drug-likeness (QED) is 0.599. The standard InChI is InChI=1S/C10H8BrClN4O/c11-8-7-9(15-10(12)14-8)16(4-13-7)5-2-1-3-6(5)17/h4-5H,1-3H2. The Hall–Kier alpha value is -1.01. The minimum absolute atomic E-state index is 0.150. The van der Waals surface area contributed by atoms with Gasteiger partial charge in [0.25, 0.3) is 0 Å². The fourth-order valence-corrected chi connectivity index (χ4v) is 2.89. The van der Waals surface area contributed by atoms with E-state index < -0.39 is 0 Å². The number of Topliss-reactive ketones (excluding diaryl/α,β-unsaturated/α-hetero) is 1. The summed E-state index contributed by atoms with van der Waals surface area (Å²) in [5.41, 5.74) is 1.24. The van der Waals surface area contributed by atoms with Gasteiger partial charge in [-0.05, 0) is 40.4 Å². The fraction of sp³-hybridized carbons (Fsp3) is 0.400. The average Bonchev–Trinajstić information content (AvgIpc) is 2.84. The van der Waals surface area contributed by atoms with Crippen LogP contribution in [0.4, 0.5) is 0 Å². The van der Waals surface area contributed by atoms with E-state index in [9.17, 15) is 4.79 Å². The molecule has 5 nitrogen and oxygen atoms in total. The number of halogens is 2. The highest BCUT2D eigenvalue weighted by atomic mass is 79.9. The van der Waals surface area contributed by atoms with Crippen molar-refractivity contribution < 1.29 is 4.79 Å². The van der Waals surface area contributed by atoms with E-state index in [0.717, 1.165) is 12.8 Å². The lowest BCUT2D eigenvalue weighted by atomic mass is 10.2. The van der Waals surface area contributed by atoms with E-state index in [4.69, 9.17) is 11.6 Å². The maximum Gasteiger partial charge on any atom is 0.225 e. The Bertz CT molecular complexity index is 612. The van der Waals surface area contributed by atoms with Gasteiger partial charge in [-0.2, -0.15) is 4.98 Å². The van der Waals surface area contributed by atoms with Gasteiger partial charge in [0.1, 0.15) is 10.1 Å². The molecule has 1 fully saturated rings. The number of hydrogen-bond acceptors (Lipinski definition) is 4. The van der Waals surface area contributed by atoms with Crippen molar-refractivity contribution in [3.05, 3.63) is 16.2 Å². The Morgan fingerprint density at radius 1 is 1.47 bits per heavy atom. The van der Waals surface area contributed by atoms with Gasteiger partial charge in [0, 0.05) is 6.42 Å². The summed E-state index contributed by atoms with van der Waals surface area (Å²) in [4.78, 5) is 24.1. The third-order valence-corrected chi connectivity index (χ3v) is 3.68. The minimum atomic E-state index is -0.155. The van der Waals surface area contributed by atoms with Gasteiger partial charge in [-0.25, -0.2) is 9.97 Å². The molecule has 0 bridgehead atoms. The molecule has 1 unspecified atom stereocenters. The monoisotopic (exact) mass is 314 g/mol. The van der Waals surface area contributed by atoms with E-state index in [-0.39, 0.29) is 17.1 Å². The predicted octanol–water partition coefficient (Wildman–Crippen LogP) is 2.54. The number of ketones is 1. The maximum atomic E-state index is 11.7. The molecule has 1 aliphatic rings. The van der Waals surface area contributed by atoms with Crippen molar-refractivity contribution in [1.29, 1.82) is 0 Å². The SMILES string of the molecule is O=C1CCCC1n1cnc2c(Br)nc(Cl)nc21. The van der Waals surface area contributed by atoms with E-state index in [1.807, 2.05) is 0 Å². The van der Waals surface area contributed by atoms with Gasteiger partial charge < -0.3 is 4.57 Å². The number of carbonyl (C=O) groups excluding carboxylic acids is 1. The first-order valence-corrected chi connectivity index (χ1v) is 6.42. The van der Waals surface area contributed by atoms with Crippen LogP contribution < -0.4 is 0 Å². The molecule has 1 aliphatic carbocycles. The lowest BCUT2D eigenvalue weighted by Gasteiger charge is -2.10. The van der Waals surface area contributed by atoms with Gasteiger partial charge >= 0.3 is 0 Å². The summed E-state index contributed by atoms with van der Waals surface area (Å²) in [7, 11) is 0. The second-order valence-electron chi connectivity index (χ2n) is 3.98. The molecule has 17 heavy (non-hydrogen) atoms. The molecule has 2 heterocycles. The van der Waals surface area contributed by atoms with Crippen molar-refractivity contribution in [1.82, 2.24) is 19.5 Å². The van der Waals surface area contributed by atoms with Crippen LogP contribution in [0.5, 0.6) is 0 Å². The Labute approximate surface area is 110 Å². The van der Waals surface area contributed by atoms with Crippen molar-refractivity contribution in [3.8, 4) is 0 Å². The smallest absolute Gasteiger partial charge is 0.225 e. The van der Waals surface area contributed by atoms with Crippen LogP contribution in [0, 0.1) is 0 Å². The van der Waals surface area contributed by atoms with Crippen molar-refractivity contribution in [2.75, 3.05) is 0 Å². The molecule has 7 heteroatoms. The third-order valence-electron chi connectivity index (χ3n) is 2.96. The van der Waals surface area contributed by atoms with Crippen LogP contribution in [-0.4, -0.2) is 25.3 Å². The lowest BCUT2D eigenvalue weighted by molar-refractivity contribution is -0.120. The van der Waals surface area contributed by atoms with E-state index in [0.29, 0.717) is 22.2 Å². The van der Waals surface area contributed by atoms with E-state index in [2.05, 4.69) is 30.9 Å². The highest BCUT2D eigenvalue weighted by Gasteiger charge is 2.28. The number of imidazole rings is 1. The fourth-order valence-electron chi connectivity index (χ4n) is 2.18. The first-order chi connectivity index (χ1) is 8.16. The maximum absolute atomic E-state index is 11.7. The van der Waals surface area contributed by atoms with E-state index in [1.165, 1.54) is 0 Å². The minimum Gasteiger partial charge on any atom is -0.304 e. The van der Waals surface area contributed by atoms with Gasteiger partial charge in [-0.1, -0.05) is 0 Å². The predicted molar refractivity (Wildman–Crippen MR) is 65.9 cm³/mol. The molecule has 3 rings (SSSR count). The Morgan fingerprint density at radius 3 is 3.00 bits per heavy atom. The Morgan fingerprint density at radius 2 is 2.29 bits per heavy atom. The number of aromatic nitrogens is 4. The van der Waals surface area contributed by atoms with Crippen LogP contribution in [-0.2, 0) is 4.79 Å². The van der Waals surface area contributed by atoms with Crippen LogP contribution in [0.25, 0.3) is 11.2 Å². The summed E-state index contributed by atoms with van der Waals surface area (Å²) < 4.78 is 2.35. The molecular weight excluding hydrogens is 307 g/mol. The van der Waals surface area contributed by atoms with Crippen LogP contribution in [0.15, 0.2) is 10.9 Å². The van der Waals surface area contributed by atoms with Gasteiger partial charge in [0.2, 0.25) is 5.28 Å². The topological polar surface area (TPSA) is 60.7 Å². The number of nitrogens with zero attached hydrogens (tertiary/aromatic N) is 4.